The Morgan fingerprint density at radius 3 is 2.36 bits per heavy atom. The van der Waals surface area contributed by atoms with Crippen molar-refractivity contribution < 1.29 is 61.8 Å². The molecule has 3 aliphatic rings. The van der Waals surface area contributed by atoms with Crippen molar-refractivity contribution in [3.8, 4) is 5.75 Å². The van der Waals surface area contributed by atoms with Crippen molar-refractivity contribution in [1.29, 1.82) is 0 Å². The lowest BCUT2D eigenvalue weighted by Gasteiger charge is -2.43. The first-order valence-electron chi connectivity index (χ1n) is 16.0. The van der Waals surface area contributed by atoms with Crippen molar-refractivity contribution in [2.45, 2.75) is 68.6 Å². The number of hydrogen-bond donors (Lipinski definition) is 5. The third-order valence-corrected chi connectivity index (χ3v) is 9.00. The second-order valence-corrected chi connectivity index (χ2v) is 12.7. The highest BCUT2D eigenvalue weighted by molar-refractivity contribution is 5.79. The lowest BCUT2D eigenvalue weighted by molar-refractivity contribution is -0.333. The molecule has 0 bridgehead atoms. The maximum atomic E-state index is 14.7. The number of likely N-dealkylation sites (tertiary alicyclic amines) is 2. The number of hydrogen-bond acceptors (Lipinski definition) is 10. The second-order valence-electron chi connectivity index (χ2n) is 12.7. The number of aliphatic hydroxyl groups is 4. The van der Waals surface area contributed by atoms with E-state index in [9.17, 15) is 42.5 Å². The number of carbonyl (C=O) groups excluding carboxylic acids is 2. The Hall–Kier alpha value is -2.76. The quantitative estimate of drug-likeness (QED) is 0.127. The summed E-state index contributed by atoms with van der Waals surface area (Å²) in [5.41, 5.74) is -2.31. The summed E-state index contributed by atoms with van der Waals surface area (Å²) in [5, 5.41) is 41.0. The van der Waals surface area contributed by atoms with Crippen molar-refractivity contribution in [1.82, 2.24) is 15.1 Å². The maximum absolute atomic E-state index is 14.7. The van der Waals surface area contributed by atoms with Gasteiger partial charge in [-0.05, 0) is 43.2 Å². The third kappa shape index (κ3) is 10.1. The highest BCUT2D eigenvalue weighted by atomic mass is 19.4. The van der Waals surface area contributed by atoms with Crippen LogP contribution in [-0.2, 0) is 20.7 Å². The largest absolute Gasteiger partial charge is 0.493 e. The molecule has 0 saturated carbocycles. The number of aliphatic hydroxyl groups excluding tert-OH is 4. The van der Waals surface area contributed by atoms with Crippen LogP contribution < -0.4 is 10.1 Å². The van der Waals surface area contributed by atoms with E-state index in [1.807, 2.05) is 0 Å². The average Bonchev–Trinajstić information content (AvgIpc) is 2.98. The van der Waals surface area contributed by atoms with Crippen LogP contribution in [0.25, 0.3) is 0 Å². The van der Waals surface area contributed by atoms with Gasteiger partial charge in [0.15, 0.2) is 0 Å². The first kappa shape index (κ1) is 37.1. The number of nitrogens with zero attached hydrogens (tertiary/aromatic N) is 2. The SMILES string of the molecule is O=C(Cc1ccc(OCCCC2CCN(C(=O)OC3(C(F)(F)F)COC3)CC2)cc1F)N1CC(CNC[C@H](O)[C@@H](O)C[C@H](O)CO)C1. The van der Waals surface area contributed by atoms with Gasteiger partial charge in [0, 0.05) is 57.7 Å². The van der Waals surface area contributed by atoms with Gasteiger partial charge >= 0.3 is 12.3 Å². The molecule has 0 radical (unpaired) electrons. The number of alkyl halides is 3. The van der Waals surface area contributed by atoms with Crippen LogP contribution in [0, 0.1) is 17.7 Å². The standard InChI is InChI=1S/C31H45F4N3O9/c32-25-12-24(46-9-1-2-20-5-7-37(8-6-20)29(44)47-30(18-45-19-30)31(33,34)35)4-3-22(25)10-28(43)38-15-21(16-38)13-36-14-27(42)26(41)11-23(40)17-39/h3-4,12,20-21,23,26-27,36,39-42H,1-2,5-11,13-19H2/t23-,26-,27-/m0/s1. The Morgan fingerprint density at radius 2 is 1.77 bits per heavy atom. The fourth-order valence-corrected chi connectivity index (χ4v) is 5.79. The molecule has 3 aliphatic heterocycles. The molecule has 266 valence electrons. The van der Waals surface area contributed by atoms with Gasteiger partial charge in [-0.15, -0.1) is 0 Å². The molecular formula is C31H45F4N3O9. The zero-order chi connectivity index (χ0) is 34.2. The van der Waals surface area contributed by atoms with Crippen molar-refractivity contribution >= 4 is 12.0 Å². The Labute approximate surface area is 270 Å². The lowest BCUT2D eigenvalue weighted by Crippen LogP contribution is -2.64. The minimum atomic E-state index is -4.69. The van der Waals surface area contributed by atoms with Gasteiger partial charge in [0.05, 0.1) is 51.2 Å². The first-order valence-corrected chi connectivity index (χ1v) is 16.0. The van der Waals surface area contributed by atoms with E-state index in [1.54, 1.807) is 11.0 Å². The van der Waals surface area contributed by atoms with Crippen molar-refractivity contribution in [2.24, 2.45) is 11.8 Å². The number of rotatable bonds is 16. The summed E-state index contributed by atoms with van der Waals surface area (Å²) >= 11 is 0. The molecule has 0 spiro atoms. The monoisotopic (exact) mass is 679 g/mol. The molecule has 3 atom stereocenters. The highest BCUT2D eigenvalue weighted by Gasteiger charge is 2.64. The van der Waals surface area contributed by atoms with E-state index < -0.39 is 61.8 Å². The zero-order valence-electron chi connectivity index (χ0n) is 26.2. The summed E-state index contributed by atoms with van der Waals surface area (Å²) in [6.07, 6.45) is -6.59. The molecule has 12 nitrogen and oxygen atoms in total. The summed E-state index contributed by atoms with van der Waals surface area (Å²) in [6, 6.07) is 4.38. The van der Waals surface area contributed by atoms with Gasteiger partial charge < -0.3 is 49.8 Å². The number of amides is 2. The van der Waals surface area contributed by atoms with Crippen LogP contribution >= 0.6 is 0 Å². The summed E-state index contributed by atoms with van der Waals surface area (Å²) in [6.45, 7) is 0.610. The van der Waals surface area contributed by atoms with E-state index in [0.717, 1.165) is 6.42 Å². The second kappa shape index (κ2) is 16.6. The minimum Gasteiger partial charge on any atom is -0.493 e. The first-order chi connectivity index (χ1) is 22.3. The van der Waals surface area contributed by atoms with Crippen LogP contribution in [0.5, 0.6) is 5.75 Å². The van der Waals surface area contributed by atoms with E-state index >= 15 is 0 Å². The van der Waals surface area contributed by atoms with E-state index in [1.165, 1.54) is 17.0 Å². The molecule has 1 aromatic rings. The van der Waals surface area contributed by atoms with E-state index in [-0.39, 0.29) is 42.7 Å². The molecule has 3 heterocycles. The van der Waals surface area contributed by atoms with Crippen molar-refractivity contribution in [2.75, 3.05) is 65.7 Å². The van der Waals surface area contributed by atoms with Gasteiger partial charge in [-0.1, -0.05) is 6.07 Å². The number of piperidine rings is 1. The van der Waals surface area contributed by atoms with Crippen LogP contribution in [-0.4, -0.2) is 138 Å². The lowest BCUT2D eigenvalue weighted by atomic mass is 9.92. The van der Waals surface area contributed by atoms with Crippen LogP contribution in [0.15, 0.2) is 18.2 Å². The van der Waals surface area contributed by atoms with Crippen molar-refractivity contribution in [3.63, 3.8) is 0 Å². The van der Waals surface area contributed by atoms with E-state index in [2.05, 4.69) is 10.1 Å². The Kier molecular flexibility index (Phi) is 13.1. The zero-order valence-corrected chi connectivity index (χ0v) is 26.2. The molecule has 0 unspecified atom stereocenters. The predicted octanol–water partition coefficient (Wildman–Crippen LogP) is 1.22. The topological polar surface area (TPSA) is 161 Å². The predicted molar refractivity (Wildman–Crippen MR) is 158 cm³/mol. The van der Waals surface area contributed by atoms with E-state index in [4.69, 9.17) is 14.6 Å². The molecule has 3 fully saturated rings. The normalized spacial score (nSPS) is 20.6. The molecule has 16 heteroatoms. The van der Waals surface area contributed by atoms with E-state index in [0.29, 0.717) is 64.3 Å². The van der Waals surface area contributed by atoms with Crippen molar-refractivity contribution in [3.05, 3.63) is 29.6 Å². The van der Waals surface area contributed by atoms with Gasteiger partial charge in [-0.2, -0.15) is 13.2 Å². The van der Waals surface area contributed by atoms with Gasteiger partial charge in [0.2, 0.25) is 5.91 Å². The summed E-state index contributed by atoms with van der Waals surface area (Å²) in [5.74, 6) is -0.00510. The average molecular weight is 680 g/mol. The van der Waals surface area contributed by atoms with Gasteiger partial charge in [0.25, 0.3) is 5.60 Å². The van der Waals surface area contributed by atoms with Crippen LogP contribution in [0.1, 0.15) is 37.7 Å². The summed E-state index contributed by atoms with van der Waals surface area (Å²) in [4.78, 5) is 27.8. The number of halogens is 4. The molecule has 2 amide bonds. The Morgan fingerprint density at radius 1 is 1.06 bits per heavy atom. The molecule has 0 aromatic heterocycles. The molecule has 3 saturated heterocycles. The fourth-order valence-electron chi connectivity index (χ4n) is 5.79. The number of benzene rings is 1. The number of nitrogens with one attached hydrogen (secondary N) is 1. The highest BCUT2D eigenvalue weighted by Crippen LogP contribution is 2.40. The molecular weight excluding hydrogens is 634 g/mol. The molecule has 1 aromatic carbocycles. The van der Waals surface area contributed by atoms with Crippen LogP contribution in [0.3, 0.4) is 0 Å². The van der Waals surface area contributed by atoms with Gasteiger partial charge in [-0.25, -0.2) is 9.18 Å². The Bertz CT molecular complexity index is 1180. The Balaban J connectivity index is 1.07. The fraction of sp³-hybridized carbons (Fsp3) is 0.742. The smallest absolute Gasteiger partial charge is 0.433 e. The van der Waals surface area contributed by atoms with Gasteiger partial charge in [-0.3, -0.25) is 4.79 Å². The maximum Gasteiger partial charge on any atom is 0.433 e. The molecule has 47 heavy (non-hydrogen) atoms. The molecule has 5 N–H and O–H groups in total. The molecule has 0 aliphatic carbocycles. The molecule has 4 rings (SSSR count). The number of ether oxygens (including phenoxy) is 3. The summed E-state index contributed by atoms with van der Waals surface area (Å²) < 4.78 is 69.6. The summed E-state index contributed by atoms with van der Waals surface area (Å²) in [7, 11) is 0. The van der Waals surface area contributed by atoms with Crippen LogP contribution in [0.2, 0.25) is 0 Å². The van der Waals surface area contributed by atoms with Crippen LogP contribution in [0.4, 0.5) is 22.4 Å². The van der Waals surface area contributed by atoms with Gasteiger partial charge in [0.1, 0.15) is 11.6 Å². The minimum absolute atomic E-state index is 0.0922. The third-order valence-electron chi connectivity index (χ3n) is 9.00. The number of carbonyl (C=O) groups is 2.